The van der Waals surface area contributed by atoms with Gasteiger partial charge in [-0.1, -0.05) is 22.9 Å². The van der Waals surface area contributed by atoms with Gasteiger partial charge in [0.05, 0.1) is 20.3 Å². The number of ether oxygens (including phenoxy) is 1. The summed E-state index contributed by atoms with van der Waals surface area (Å²) < 4.78 is 9.87. The van der Waals surface area contributed by atoms with E-state index >= 15 is 0 Å². The van der Waals surface area contributed by atoms with Crippen LogP contribution in [0.25, 0.3) is 0 Å². The highest BCUT2D eigenvalue weighted by Gasteiger charge is 2.11. The Morgan fingerprint density at radius 3 is 2.33 bits per heavy atom. The first-order valence-corrected chi connectivity index (χ1v) is 9.52. The van der Waals surface area contributed by atoms with Crippen molar-refractivity contribution in [1.82, 2.24) is 9.78 Å². The van der Waals surface area contributed by atoms with Crippen LogP contribution in [0.5, 0.6) is 5.75 Å². The zero-order chi connectivity index (χ0) is 15.4. The van der Waals surface area contributed by atoms with Gasteiger partial charge in [-0.25, -0.2) is 0 Å². The SMILES string of the molecule is CCc1cc(COc2c(Br)cc(CBr)cc2Br)n(CC)n1. The fourth-order valence-corrected chi connectivity index (χ4v) is 3.89. The van der Waals surface area contributed by atoms with Crippen LogP contribution < -0.4 is 4.74 Å². The molecule has 0 aliphatic rings. The van der Waals surface area contributed by atoms with Crippen LogP contribution in [0.2, 0.25) is 0 Å². The maximum absolute atomic E-state index is 5.98. The molecule has 0 bridgehead atoms. The van der Waals surface area contributed by atoms with Crippen molar-refractivity contribution in [2.24, 2.45) is 0 Å². The molecule has 21 heavy (non-hydrogen) atoms. The van der Waals surface area contributed by atoms with Gasteiger partial charge in [-0.15, -0.1) is 0 Å². The van der Waals surface area contributed by atoms with Crippen LogP contribution >= 0.6 is 47.8 Å². The van der Waals surface area contributed by atoms with Gasteiger partial charge in [-0.2, -0.15) is 5.10 Å². The van der Waals surface area contributed by atoms with Gasteiger partial charge in [-0.3, -0.25) is 4.68 Å². The van der Waals surface area contributed by atoms with Crippen LogP contribution in [0.3, 0.4) is 0 Å². The van der Waals surface area contributed by atoms with E-state index in [0.717, 1.165) is 44.4 Å². The molecule has 3 nitrogen and oxygen atoms in total. The van der Waals surface area contributed by atoms with E-state index < -0.39 is 0 Å². The van der Waals surface area contributed by atoms with Crippen molar-refractivity contribution in [3.05, 3.63) is 44.1 Å². The number of rotatable bonds is 6. The normalized spacial score (nSPS) is 10.9. The summed E-state index contributed by atoms with van der Waals surface area (Å²) in [4.78, 5) is 0. The third-order valence-electron chi connectivity index (χ3n) is 3.15. The third-order valence-corrected chi connectivity index (χ3v) is 4.98. The maximum Gasteiger partial charge on any atom is 0.148 e. The Kier molecular flexibility index (Phi) is 6.32. The molecule has 0 atom stereocenters. The fraction of sp³-hybridized carbons (Fsp3) is 0.400. The Labute approximate surface area is 150 Å². The van der Waals surface area contributed by atoms with E-state index in [2.05, 4.69) is 84.9 Å². The zero-order valence-corrected chi connectivity index (χ0v) is 16.8. The number of alkyl halides is 1. The molecule has 1 heterocycles. The molecule has 0 saturated carbocycles. The maximum atomic E-state index is 5.98. The summed E-state index contributed by atoms with van der Waals surface area (Å²) in [6.07, 6.45) is 0.938. The predicted molar refractivity (Wildman–Crippen MR) is 96.1 cm³/mol. The molecule has 0 amide bonds. The van der Waals surface area contributed by atoms with Gasteiger partial charge in [0.15, 0.2) is 0 Å². The Bertz CT molecular complexity index is 602. The van der Waals surface area contributed by atoms with Gasteiger partial charge >= 0.3 is 0 Å². The van der Waals surface area contributed by atoms with E-state index in [1.165, 1.54) is 5.56 Å². The molecule has 0 N–H and O–H groups in total. The largest absolute Gasteiger partial charge is 0.485 e. The molecule has 0 spiro atoms. The van der Waals surface area contributed by atoms with Crippen molar-refractivity contribution in [2.75, 3.05) is 0 Å². The highest BCUT2D eigenvalue weighted by atomic mass is 79.9. The topological polar surface area (TPSA) is 27.1 Å². The van der Waals surface area contributed by atoms with E-state index in [9.17, 15) is 0 Å². The van der Waals surface area contributed by atoms with Crippen LogP contribution in [0, 0.1) is 0 Å². The molecule has 6 heteroatoms. The van der Waals surface area contributed by atoms with Gasteiger partial charge in [-0.05, 0) is 69.0 Å². The summed E-state index contributed by atoms with van der Waals surface area (Å²) in [5, 5.41) is 5.35. The number of aryl methyl sites for hydroxylation is 2. The second-order valence-electron chi connectivity index (χ2n) is 4.61. The van der Waals surface area contributed by atoms with Crippen LogP contribution in [0.4, 0.5) is 0 Å². The van der Waals surface area contributed by atoms with Crippen molar-refractivity contribution >= 4 is 47.8 Å². The van der Waals surface area contributed by atoms with Gasteiger partial charge < -0.3 is 4.74 Å². The second kappa shape index (κ2) is 7.79. The van der Waals surface area contributed by atoms with Crippen molar-refractivity contribution < 1.29 is 4.74 Å². The minimum absolute atomic E-state index is 0.506. The van der Waals surface area contributed by atoms with E-state index in [1.54, 1.807) is 0 Å². The van der Waals surface area contributed by atoms with Crippen LogP contribution in [-0.4, -0.2) is 9.78 Å². The van der Waals surface area contributed by atoms with E-state index in [-0.39, 0.29) is 0 Å². The molecular formula is C15H17Br3N2O. The lowest BCUT2D eigenvalue weighted by molar-refractivity contribution is 0.289. The molecule has 1 aromatic heterocycles. The molecule has 0 aliphatic heterocycles. The molecule has 114 valence electrons. The van der Waals surface area contributed by atoms with Crippen molar-refractivity contribution in [1.29, 1.82) is 0 Å². The molecule has 1 aromatic carbocycles. The fourth-order valence-electron chi connectivity index (χ4n) is 2.05. The summed E-state index contributed by atoms with van der Waals surface area (Å²) in [5.74, 6) is 0.821. The van der Waals surface area contributed by atoms with Gasteiger partial charge in [0.1, 0.15) is 12.4 Å². The summed E-state index contributed by atoms with van der Waals surface area (Å²) in [7, 11) is 0. The van der Waals surface area contributed by atoms with E-state index in [1.807, 2.05) is 4.68 Å². The molecular weight excluding hydrogens is 464 g/mol. The highest BCUT2D eigenvalue weighted by Crippen LogP contribution is 2.35. The zero-order valence-electron chi connectivity index (χ0n) is 12.0. The molecule has 0 saturated heterocycles. The standard InChI is InChI=1S/C15H17Br3N2O/c1-3-11-7-12(20(4-2)19-11)9-21-15-13(17)5-10(8-16)6-14(15)18/h5-7H,3-4,8-9H2,1-2H3. The van der Waals surface area contributed by atoms with E-state index in [0.29, 0.717) is 6.61 Å². The predicted octanol–water partition coefficient (Wildman–Crippen LogP) is 5.46. The Hall–Kier alpha value is -0.330. The Morgan fingerprint density at radius 2 is 1.81 bits per heavy atom. The molecule has 0 fully saturated rings. The number of nitrogens with zero attached hydrogens (tertiary/aromatic N) is 2. The first-order chi connectivity index (χ1) is 10.1. The second-order valence-corrected chi connectivity index (χ2v) is 6.88. The molecule has 2 rings (SSSR count). The summed E-state index contributed by atoms with van der Waals surface area (Å²) >= 11 is 10.6. The number of benzene rings is 1. The molecule has 0 radical (unpaired) electrons. The minimum Gasteiger partial charge on any atom is -0.485 e. The van der Waals surface area contributed by atoms with Crippen LogP contribution in [0.1, 0.15) is 30.8 Å². The lowest BCUT2D eigenvalue weighted by atomic mass is 10.2. The highest BCUT2D eigenvalue weighted by molar-refractivity contribution is 9.11. The molecule has 0 unspecified atom stereocenters. The smallest absolute Gasteiger partial charge is 0.148 e. The average molecular weight is 481 g/mol. The van der Waals surface area contributed by atoms with Gasteiger partial charge in [0, 0.05) is 11.9 Å². The monoisotopic (exact) mass is 478 g/mol. The third kappa shape index (κ3) is 4.11. The van der Waals surface area contributed by atoms with Gasteiger partial charge in [0.2, 0.25) is 0 Å². The number of hydrogen-bond donors (Lipinski definition) is 0. The summed E-state index contributed by atoms with van der Waals surface area (Å²) in [6, 6.07) is 6.23. The summed E-state index contributed by atoms with van der Waals surface area (Å²) in [5.41, 5.74) is 3.38. The number of hydrogen-bond acceptors (Lipinski definition) is 2. The average Bonchev–Trinajstić information content (AvgIpc) is 2.88. The van der Waals surface area contributed by atoms with Crippen molar-refractivity contribution in [3.63, 3.8) is 0 Å². The lowest BCUT2D eigenvalue weighted by Crippen LogP contribution is -2.06. The Morgan fingerprint density at radius 1 is 1.14 bits per heavy atom. The lowest BCUT2D eigenvalue weighted by Gasteiger charge is -2.12. The van der Waals surface area contributed by atoms with Gasteiger partial charge in [0.25, 0.3) is 0 Å². The quantitative estimate of drug-likeness (QED) is 0.513. The van der Waals surface area contributed by atoms with Crippen LogP contribution in [0.15, 0.2) is 27.1 Å². The van der Waals surface area contributed by atoms with Crippen molar-refractivity contribution in [2.45, 2.75) is 38.8 Å². The first kappa shape index (κ1) is 17.0. The first-order valence-electron chi connectivity index (χ1n) is 6.81. The van der Waals surface area contributed by atoms with Crippen LogP contribution in [-0.2, 0) is 24.9 Å². The van der Waals surface area contributed by atoms with E-state index in [4.69, 9.17) is 4.74 Å². The number of halogens is 3. The Balaban J connectivity index is 2.18. The summed E-state index contributed by atoms with van der Waals surface area (Å²) in [6.45, 7) is 5.56. The minimum atomic E-state index is 0.506. The molecule has 2 aromatic rings. The van der Waals surface area contributed by atoms with Crippen molar-refractivity contribution in [3.8, 4) is 5.75 Å². The number of aromatic nitrogens is 2. The molecule has 0 aliphatic carbocycles.